The lowest BCUT2D eigenvalue weighted by molar-refractivity contribution is -0.122. The predicted molar refractivity (Wildman–Crippen MR) is 67.9 cm³/mol. The summed E-state index contributed by atoms with van der Waals surface area (Å²) in [6.07, 6.45) is 3.64. The number of hydrogen-bond acceptors (Lipinski definition) is 2. The first kappa shape index (κ1) is 11.1. The van der Waals surface area contributed by atoms with E-state index in [0.29, 0.717) is 0 Å². The van der Waals surface area contributed by atoms with E-state index in [-0.39, 0.29) is 17.9 Å². The topological polar surface area (TPSA) is 42.2 Å². The Morgan fingerprint density at radius 3 is 2.56 bits per heavy atom. The molecule has 1 heterocycles. The van der Waals surface area contributed by atoms with E-state index in [4.69, 9.17) is 4.42 Å². The number of hydrogen-bond donors (Lipinski definition) is 1. The summed E-state index contributed by atoms with van der Waals surface area (Å²) in [6, 6.07) is 13.4. The Bertz CT molecular complexity index is 515. The van der Waals surface area contributed by atoms with Crippen LogP contribution in [0.15, 0.2) is 53.1 Å². The van der Waals surface area contributed by atoms with Crippen molar-refractivity contribution in [3.8, 4) is 0 Å². The van der Waals surface area contributed by atoms with Crippen LogP contribution in [-0.2, 0) is 4.79 Å². The fourth-order valence-electron chi connectivity index (χ4n) is 2.03. The molecule has 92 valence electrons. The summed E-state index contributed by atoms with van der Waals surface area (Å²) in [6.45, 7) is 0. The van der Waals surface area contributed by atoms with Crippen LogP contribution in [0.25, 0.3) is 0 Å². The zero-order chi connectivity index (χ0) is 12.4. The fraction of sp³-hybridized carbons (Fsp3) is 0.267. The number of nitrogens with one attached hydrogen (secondary N) is 1. The van der Waals surface area contributed by atoms with Crippen molar-refractivity contribution in [1.82, 2.24) is 5.32 Å². The zero-order valence-corrected chi connectivity index (χ0v) is 10.0. The van der Waals surface area contributed by atoms with Crippen molar-refractivity contribution in [2.45, 2.75) is 18.9 Å². The van der Waals surface area contributed by atoms with E-state index < -0.39 is 0 Å². The maximum atomic E-state index is 11.9. The van der Waals surface area contributed by atoms with Crippen LogP contribution in [0.1, 0.15) is 30.2 Å². The van der Waals surface area contributed by atoms with Crippen LogP contribution < -0.4 is 5.32 Å². The Labute approximate surface area is 106 Å². The molecule has 2 aromatic rings. The van der Waals surface area contributed by atoms with E-state index in [0.717, 1.165) is 24.2 Å². The van der Waals surface area contributed by atoms with Crippen molar-refractivity contribution < 1.29 is 9.21 Å². The maximum absolute atomic E-state index is 11.9. The second-order valence-corrected chi connectivity index (χ2v) is 4.64. The molecule has 1 aliphatic carbocycles. The van der Waals surface area contributed by atoms with Gasteiger partial charge in [-0.1, -0.05) is 30.3 Å². The summed E-state index contributed by atoms with van der Waals surface area (Å²) in [5.41, 5.74) is 1.04. The third-order valence-corrected chi connectivity index (χ3v) is 3.20. The van der Waals surface area contributed by atoms with Crippen molar-refractivity contribution in [2.24, 2.45) is 5.92 Å². The lowest BCUT2D eigenvalue weighted by Gasteiger charge is -2.17. The average molecular weight is 241 g/mol. The van der Waals surface area contributed by atoms with Crippen molar-refractivity contribution in [3.63, 3.8) is 0 Å². The summed E-state index contributed by atoms with van der Waals surface area (Å²) < 4.78 is 5.44. The van der Waals surface area contributed by atoms with Gasteiger partial charge in [-0.2, -0.15) is 0 Å². The molecule has 1 unspecified atom stereocenters. The molecule has 18 heavy (non-hydrogen) atoms. The van der Waals surface area contributed by atoms with E-state index >= 15 is 0 Å². The molecule has 1 fully saturated rings. The first-order valence-corrected chi connectivity index (χ1v) is 6.23. The smallest absolute Gasteiger partial charge is 0.223 e. The minimum atomic E-state index is -0.186. The molecule has 1 N–H and O–H groups in total. The summed E-state index contributed by atoms with van der Waals surface area (Å²) in [5.74, 6) is 1.10. The van der Waals surface area contributed by atoms with Gasteiger partial charge < -0.3 is 9.73 Å². The fourth-order valence-corrected chi connectivity index (χ4v) is 2.03. The molecular weight excluding hydrogens is 226 g/mol. The van der Waals surface area contributed by atoms with Gasteiger partial charge in [0.1, 0.15) is 11.8 Å². The molecule has 0 aliphatic heterocycles. The Morgan fingerprint density at radius 1 is 1.17 bits per heavy atom. The minimum Gasteiger partial charge on any atom is -0.467 e. The van der Waals surface area contributed by atoms with Crippen LogP contribution in [0, 0.1) is 5.92 Å². The van der Waals surface area contributed by atoms with Crippen molar-refractivity contribution >= 4 is 5.91 Å². The second-order valence-electron chi connectivity index (χ2n) is 4.64. The van der Waals surface area contributed by atoms with Crippen LogP contribution >= 0.6 is 0 Å². The Kier molecular flexibility index (Phi) is 2.89. The van der Waals surface area contributed by atoms with E-state index in [1.165, 1.54) is 0 Å². The molecule has 1 atom stereocenters. The van der Waals surface area contributed by atoms with E-state index in [9.17, 15) is 4.79 Å². The van der Waals surface area contributed by atoms with E-state index in [2.05, 4.69) is 5.32 Å². The van der Waals surface area contributed by atoms with Crippen LogP contribution in [0.2, 0.25) is 0 Å². The first-order valence-electron chi connectivity index (χ1n) is 6.23. The quantitative estimate of drug-likeness (QED) is 0.894. The molecule has 1 aromatic carbocycles. The molecule has 0 bridgehead atoms. The molecule has 3 nitrogen and oxygen atoms in total. The molecule has 3 rings (SSSR count). The second kappa shape index (κ2) is 4.69. The molecule has 1 aliphatic rings. The van der Waals surface area contributed by atoms with Gasteiger partial charge in [-0.3, -0.25) is 4.79 Å². The van der Waals surface area contributed by atoms with Crippen molar-refractivity contribution in [1.29, 1.82) is 0 Å². The number of benzene rings is 1. The molecule has 3 heteroatoms. The number of rotatable bonds is 4. The highest BCUT2D eigenvalue weighted by Gasteiger charge is 2.32. The van der Waals surface area contributed by atoms with Gasteiger partial charge in [-0.05, 0) is 30.5 Å². The first-order chi connectivity index (χ1) is 8.84. The molecule has 0 saturated heterocycles. The Hall–Kier alpha value is -2.03. The molecule has 1 saturated carbocycles. The Morgan fingerprint density at radius 2 is 1.94 bits per heavy atom. The van der Waals surface area contributed by atoms with E-state index in [1.54, 1.807) is 6.26 Å². The van der Waals surface area contributed by atoms with Crippen LogP contribution in [0.5, 0.6) is 0 Å². The lowest BCUT2D eigenvalue weighted by Crippen LogP contribution is -2.30. The third kappa shape index (κ3) is 2.30. The van der Waals surface area contributed by atoms with Gasteiger partial charge >= 0.3 is 0 Å². The zero-order valence-electron chi connectivity index (χ0n) is 10.0. The largest absolute Gasteiger partial charge is 0.467 e. The number of furan rings is 1. The lowest BCUT2D eigenvalue weighted by atomic mass is 10.0. The molecular formula is C15H15NO2. The minimum absolute atomic E-state index is 0.125. The standard InChI is InChI=1S/C15H15NO2/c17-15(12-8-9-12)16-14(13-7-4-10-18-13)11-5-2-1-3-6-11/h1-7,10,12,14H,8-9H2,(H,16,17). The number of amides is 1. The SMILES string of the molecule is O=C(NC(c1ccccc1)c1ccco1)C1CC1. The van der Waals surface area contributed by atoms with Gasteiger partial charge in [0.15, 0.2) is 0 Å². The number of carbonyl (C=O) groups is 1. The maximum Gasteiger partial charge on any atom is 0.223 e. The summed E-state index contributed by atoms with van der Waals surface area (Å²) >= 11 is 0. The molecule has 1 aromatic heterocycles. The number of carbonyl (C=O) groups excluding carboxylic acids is 1. The van der Waals surface area contributed by atoms with Gasteiger partial charge in [0, 0.05) is 5.92 Å². The summed E-state index contributed by atoms with van der Waals surface area (Å²) in [4.78, 5) is 11.9. The third-order valence-electron chi connectivity index (χ3n) is 3.20. The highest BCUT2D eigenvalue weighted by Crippen LogP contribution is 2.31. The summed E-state index contributed by atoms with van der Waals surface area (Å²) in [5, 5.41) is 3.06. The van der Waals surface area contributed by atoms with Gasteiger partial charge in [0.2, 0.25) is 5.91 Å². The van der Waals surface area contributed by atoms with Gasteiger partial charge in [0.25, 0.3) is 0 Å². The van der Waals surface area contributed by atoms with Gasteiger partial charge in [-0.25, -0.2) is 0 Å². The predicted octanol–water partition coefficient (Wildman–Crippen LogP) is 2.90. The average Bonchev–Trinajstić information content (AvgIpc) is 3.13. The van der Waals surface area contributed by atoms with Gasteiger partial charge in [0.05, 0.1) is 6.26 Å². The van der Waals surface area contributed by atoms with Crippen molar-refractivity contribution in [2.75, 3.05) is 0 Å². The molecule has 0 spiro atoms. The Balaban J connectivity index is 1.86. The highest BCUT2D eigenvalue weighted by molar-refractivity contribution is 5.81. The van der Waals surface area contributed by atoms with Crippen LogP contribution in [0.4, 0.5) is 0 Å². The monoisotopic (exact) mass is 241 g/mol. The van der Waals surface area contributed by atoms with E-state index in [1.807, 2.05) is 42.5 Å². The summed E-state index contributed by atoms with van der Waals surface area (Å²) in [7, 11) is 0. The normalized spacial score (nSPS) is 16.2. The highest BCUT2D eigenvalue weighted by atomic mass is 16.3. The van der Waals surface area contributed by atoms with Crippen LogP contribution in [0.3, 0.4) is 0 Å². The molecule has 0 radical (unpaired) electrons. The molecule has 1 amide bonds. The van der Waals surface area contributed by atoms with Crippen molar-refractivity contribution in [3.05, 3.63) is 60.1 Å². The van der Waals surface area contributed by atoms with Crippen LogP contribution in [-0.4, -0.2) is 5.91 Å². The van der Waals surface area contributed by atoms with Gasteiger partial charge in [-0.15, -0.1) is 0 Å².